The predicted octanol–water partition coefficient (Wildman–Crippen LogP) is 1.98. The maximum absolute atomic E-state index is 11.4. The molecule has 0 fully saturated rings. The third-order valence-electron chi connectivity index (χ3n) is 2.38. The van der Waals surface area contributed by atoms with Gasteiger partial charge >= 0.3 is 5.97 Å². The zero-order valence-corrected chi connectivity index (χ0v) is 10.2. The van der Waals surface area contributed by atoms with Gasteiger partial charge in [-0.25, -0.2) is 0 Å². The Morgan fingerprint density at radius 2 is 2.18 bits per heavy atom. The number of rotatable bonds is 4. The van der Waals surface area contributed by atoms with E-state index in [4.69, 9.17) is 14.7 Å². The first-order chi connectivity index (χ1) is 8.12. The number of methoxy groups -OCH3 is 1. The van der Waals surface area contributed by atoms with Gasteiger partial charge in [-0.15, -0.1) is 0 Å². The van der Waals surface area contributed by atoms with E-state index < -0.39 is 0 Å². The Hall–Kier alpha value is -2.02. The first-order valence-corrected chi connectivity index (χ1v) is 5.35. The molecule has 1 rings (SSSR count). The van der Waals surface area contributed by atoms with E-state index in [1.807, 2.05) is 6.92 Å². The number of carbonyl (C=O) groups excluding carboxylic acids is 1. The average molecular weight is 233 g/mol. The molecule has 0 aliphatic heterocycles. The van der Waals surface area contributed by atoms with Crippen LogP contribution in [0.3, 0.4) is 0 Å². The van der Waals surface area contributed by atoms with Crippen molar-refractivity contribution in [3.8, 4) is 11.8 Å². The second-order valence-electron chi connectivity index (χ2n) is 3.57. The number of ether oxygens (including phenoxy) is 2. The van der Waals surface area contributed by atoms with Crippen molar-refractivity contribution in [2.24, 2.45) is 0 Å². The van der Waals surface area contributed by atoms with Crippen LogP contribution >= 0.6 is 0 Å². The first-order valence-electron chi connectivity index (χ1n) is 5.35. The molecule has 0 amide bonds. The van der Waals surface area contributed by atoms with Gasteiger partial charge in [-0.3, -0.25) is 4.79 Å². The number of hydrogen-bond acceptors (Lipinski definition) is 4. The third-order valence-corrected chi connectivity index (χ3v) is 2.38. The molecule has 0 aliphatic rings. The Morgan fingerprint density at radius 3 is 2.71 bits per heavy atom. The van der Waals surface area contributed by atoms with Crippen molar-refractivity contribution in [1.82, 2.24) is 0 Å². The zero-order chi connectivity index (χ0) is 12.8. The molecule has 0 aliphatic carbocycles. The lowest BCUT2D eigenvalue weighted by molar-refractivity contribution is -0.142. The number of benzene rings is 1. The summed E-state index contributed by atoms with van der Waals surface area (Å²) in [7, 11) is 1.55. The zero-order valence-electron chi connectivity index (χ0n) is 10.2. The molecule has 17 heavy (non-hydrogen) atoms. The molecule has 0 saturated heterocycles. The Kier molecular flexibility index (Phi) is 4.53. The van der Waals surface area contributed by atoms with Crippen LogP contribution in [-0.4, -0.2) is 19.7 Å². The number of esters is 1. The molecule has 0 aromatic heterocycles. The molecule has 0 bridgehead atoms. The van der Waals surface area contributed by atoms with E-state index in [1.165, 1.54) is 0 Å². The highest BCUT2D eigenvalue weighted by molar-refractivity contribution is 5.74. The van der Waals surface area contributed by atoms with Gasteiger partial charge in [0.2, 0.25) is 0 Å². The molecular weight excluding hydrogens is 218 g/mol. The molecule has 1 aromatic carbocycles. The van der Waals surface area contributed by atoms with Crippen LogP contribution in [0.25, 0.3) is 0 Å². The molecule has 0 unspecified atom stereocenters. The van der Waals surface area contributed by atoms with Crippen molar-refractivity contribution < 1.29 is 14.3 Å². The van der Waals surface area contributed by atoms with Crippen molar-refractivity contribution in [2.45, 2.75) is 20.3 Å². The van der Waals surface area contributed by atoms with E-state index in [9.17, 15) is 4.79 Å². The smallest absolute Gasteiger partial charge is 0.310 e. The summed E-state index contributed by atoms with van der Waals surface area (Å²) in [6, 6.07) is 5.49. The van der Waals surface area contributed by atoms with Gasteiger partial charge in [-0.1, -0.05) is 6.07 Å². The largest absolute Gasteiger partial charge is 0.496 e. The van der Waals surface area contributed by atoms with Gasteiger partial charge in [0.05, 0.1) is 31.8 Å². The van der Waals surface area contributed by atoms with Crippen LogP contribution in [0.5, 0.6) is 5.75 Å². The molecule has 90 valence electrons. The maximum atomic E-state index is 11.4. The molecule has 0 saturated carbocycles. The minimum Gasteiger partial charge on any atom is -0.496 e. The lowest BCUT2D eigenvalue weighted by Gasteiger charge is -2.09. The summed E-state index contributed by atoms with van der Waals surface area (Å²) < 4.78 is 9.99. The lowest BCUT2D eigenvalue weighted by Crippen LogP contribution is -2.09. The summed E-state index contributed by atoms with van der Waals surface area (Å²) in [5.74, 6) is 0.322. The van der Waals surface area contributed by atoms with E-state index in [0.29, 0.717) is 23.5 Å². The molecule has 0 atom stereocenters. The molecule has 1 aromatic rings. The molecule has 0 spiro atoms. The van der Waals surface area contributed by atoms with E-state index in [0.717, 1.165) is 5.56 Å². The van der Waals surface area contributed by atoms with Crippen molar-refractivity contribution >= 4 is 5.97 Å². The van der Waals surface area contributed by atoms with Gasteiger partial charge < -0.3 is 9.47 Å². The van der Waals surface area contributed by atoms with Crippen LogP contribution < -0.4 is 4.74 Å². The average Bonchev–Trinajstić information content (AvgIpc) is 2.29. The highest BCUT2D eigenvalue weighted by Crippen LogP contribution is 2.23. The number of hydrogen-bond donors (Lipinski definition) is 0. The van der Waals surface area contributed by atoms with Crippen molar-refractivity contribution in [1.29, 1.82) is 5.26 Å². The van der Waals surface area contributed by atoms with Gasteiger partial charge in [0, 0.05) is 0 Å². The van der Waals surface area contributed by atoms with Crippen molar-refractivity contribution in [3.63, 3.8) is 0 Å². The monoisotopic (exact) mass is 233 g/mol. The molecule has 0 N–H and O–H groups in total. The summed E-state index contributed by atoms with van der Waals surface area (Å²) in [5, 5.41) is 9.01. The number of aryl methyl sites for hydroxylation is 1. The fraction of sp³-hybridized carbons (Fsp3) is 0.385. The van der Waals surface area contributed by atoms with Crippen LogP contribution in [0, 0.1) is 18.3 Å². The van der Waals surface area contributed by atoms with Crippen LogP contribution in [0.1, 0.15) is 23.6 Å². The molecular formula is C13H15NO3. The molecule has 4 heteroatoms. The highest BCUT2D eigenvalue weighted by Gasteiger charge is 2.12. The first kappa shape index (κ1) is 13.0. The van der Waals surface area contributed by atoms with E-state index >= 15 is 0 Å². The molecule has 0 heterocycles. The summed E-state index contributed by atoms with van der Waals surface area (Å²) in [4.78, 5) is 11.4. The second-order valence-corrected chi connectivity index (χ2v) is 3.57. The van der Waals surface area contributed by atoms with Crippen LogP contribution in [-0.2, 0) is 16.0 Å². The minimum atomic E-state index is -0.325. The van der Waals surface area contributed by atoms with Gasteiger partial charge in [-0.05, 0) is 31.0 Å². The quantitative estimate of drug-likeness (QED) is 0.746. The summed E-state index contributed by atoms with van der Waals surface area (Å²) in [6.07, 6.45) is 0.113. The Labute approximate surface area is 101 Å². The lowest BCUT2D eigenvalue weighted by atomic mass is 10.0. The Bertz CT molecular complexity index is 460. The van der Waals surface area contributed by atoms with Crippen LogP contribution in [0.4, 0.5) is 0 Å². The van der Waals surface area contributed by atoms with Crippen molar-refractivity contribution in [3.05, 3.63) is 28.8 Å². The van der Waals surface area contributed by atoms with E-state index in [-0.39, 0.29) is 12.4 Å². The Morgan fingerprint density at radius 1 is 1.47 bits per heavy atom. The second kappa shape index (κ2) is 5.90. The standard InChI is InChI=1S/C13H15NO3/c1-4-17-13(15)7-10-5-9(2)12(16-3)6-11(10)8-14/h5-6H,4,7H2,1-3H3. The summed E-state index contributed by atoms with van der Waals surface area (Å²) in [6.45, 7) is 3.97. The Balaban J connectivity index is 3.03. The topological polar surface area (TPSA) is 59.3 Å². The third kappa shape index (κ3) is 3.22. The van der Waals surface area contributed by atoms with Gasteiger partial charge in [0.25, 0.3) is 0 Å². The highest BCUT2D eigenvalue weighted by atomic mass is 16.5. The predicted molar refractivity (Wildman–Crippen MR) is 62.8 cm³/mol. The summed E-state index contributed by atoms with van der Waals surface area (Å²) in [5.41, 5.74) is 2.01. The van der Waals surface area contributed by atoms with E-state index in [2.05, 4.69) is 6.07 Å². The SMILES string of the molecule is CCOC(=O)Cc1cc(C)c(OC)cc1C#N. The maximum Gasteiger partial charge on any atom is 0.310 e. The normalized spacial score (nSPS) is 9.53. The molecule has 0 radical (unpaired) electrons. The summed E-state index contributed by atoms with van der Waals surface area (Å²) >= 11 is 0. The van der Waals surface area contributed by atoms with Crippen molar-refractivity contribution in [2.75, 3.05) is 13.7 Å². The number of carbonyl (C=O) groups is 1. The van der Waals surface area contributed by atoms with Crippen LogP contribution in [0.15, 0.2) is 12.1 Å². The van der Waals surface area contributed by atoms with Gasteiger partial charge in [-0.2, -0.15) is 5.26 Å². The van der Waals surface area contributed by atoms with Gasteiger partial charge in [0.15, 0.2) is 0 Å². The number of nitriles is 1. The molecule has 4 nitrogen and oxygen atoms in total. The van der Waals surface area contributed by atoms with Crippen LogP contribution in [0.2, 0.25) is 0 Å². The fourth-order valence-corrected chi connectivity index (χ4v) is 1.59. The van der Waals surface area contributed by atoms with E-state index in [1.54, 1.807) is 26.2 Å². The van der Waals surface area contributed by atoms with Gasteiger partial charge in [0.1, 0.15) is 5.75 Å². The minimum absolute atomic E-state index is 0.113. The fourth-order valence-electron chi connectivity index (χ4n) is 1.59. The number of nitrogens with zero attached hydrogens (tertiary/aromatic N) is 1.